The Kier molecular flexibility index (Phi) is 8.10. The molecule has 212 valence electrons. The fourth-order valence-electron chi connectivity index (χ4n) is 6.10. The molecule has 1 aliphatic carbocycles. The lowest BCUT2D eigenvalue weighted by molar-refractivity contribution is -0.118. The van der Waals surface area contributed by atoms with E-state index in [4.69, 9.17) is 21.1 Å². The maximum atomic E-state index is 13.8. The van der Waals surface area contributed by atoms with E-state index in [1.165, 1.54) is 0 Å². The molecule has 2 atom stereocenters. The first kappa shape index (κ1) is 28.4. The number of nitrogens with zero attached hydrogens (tertiary/aromatic N) is 1. The number of carbonyl (C=O) groups excluding carboxylic acids is 1. The Balaban J connectivity index is 1.52. The molecule has 1 heterocycles. The molecule has 0 bridgehead atoms. The van der Waals surface area contributed by atoms with Crippen LogP contribution < -0.4 is 14.4 Å². The number of hydrogen-bond acceptors (Lipinski definition) is 3. The van der Waals surface area contributed by atoms with Crippen LogP contribution in [0.1, 0.15) is 80.7 Å². The maximum Gasteiger partial charge on any atom is 0.248 e. The molecule has 40 heavy (non-hydrogen) atoms. The molecule has 0 saturated heterocycles. The van der Waals surface area contributed by atoms with Crippen LogP contribution >= 0.6 is 11.6 Å². The van der Waals surface area contributed by atoms with E-state index in [1.54, 1.807) is 7.11 Å². The van der Waals surface area contributed by atoms with Crippen molar-refractivity contribution in [2.24, 2.45) is 5.92 Å². The van der Waals surface area contributed by atoms with Gasteiger partial charge in [-0.3, -0.25) is 4.79 Å². The summed E-state index contributed by atoms with van der Waals surface area (Å²) < 4.78 is 39.1. The molecule has 4 nitrogen and oxygen atoms in total. The molecule has 7 heteroatoms. The third-order valence-electron chi connectivity index (χ3n) is 8.30. The summed E-state index contributed by atoms with van der Waals surface area (Å²) in [4.78, 5) is 15.6. The van der Waals surface area contributed by atoms with Crippen LogP contribution in [-0.4, -0.2) is 25.0 Å². The molecule has 1 unspecified atom stereocenters. The number of alkyl halides is 2. The first-order valence-corrected chi connectivity index (χ1v) is 14.4. The Morgan fingerprint density at radius 2 is 1.60 bits per heavy atom. The Labute approximate surface area is 240 Å². The van der Waals surface area contributed by atoms with Crippen LogP contribution in [-0.2, 0) is 11.2 Å². The first-order valence-electron chi connectivity index (χ1n) is 14.0. The second kappa shape index (κ2) is 11.4. The molecule has 3 aromatic carbocycles. The van der Waals surface area contributed by atoms with Gasteiger partial charge in [0.05, 0.1) is 25.7 Å². The number of amides is 1. The van der Waals surface area contributed by atoms with Crippen LogP contribution in [0.4, 0.5) is 14.5 Å². The maximum absolute atomic E-state index is 13.8. The van der Waals surface area contributed by atoms with Crippen LogP contribution in [0, 0.1) is 5.92 Å². The van der Waals surface area contributed by atoms with Gasteiger partial charge in [-0.25, -0.2) is 8.78 Å². The summed E-state index contributed by atoms with van der Waals surface area (Å²) in [7, 11) is 1.60. The van der Waals surface area contributed by atoms with Gasteiger partial charge in [-0.1, -0.05) is 42.8 Å². The van der Waals surface area contributed by atoms with E-state index in [-0.39, 0.29) is 43.1 Å². The van der Waals surface area contributed by atoms with Gasteiger partial charge in [0.1, 0.15) is 0 Å². The molecule has 1 fully saturated rings. The molecule has 5 rings (SSSR count). The fraction of sp³-hybridized carbons (Fsp3) is 0.424. The predicted molar refractivity (Wildman–Crippen MR) is 155 cm³/mol. The summed E-state index contributed by atoms with van der Waals surface area (Å²) in [6, 6.07) is 19.1. The van der Waals surface area contributed by atoms with E-state index >= 15 is 0 Å². The topological polar surface area (TPSA) is 38.8 Å². The van der Waals surface area contributed by atoms with Crippen molar-refractivity contribution in [3.05, 3.63) is 87.9 Å². The first-order chi connectivity index (χ1) is 19.1. The van der Waals surface area contributed by atoms with E-state index in [0.29, 0.717) is 29.4 Å². The van der Waals surface area contributed by atoms with Crippen molar-refractivity contribution in [3.63, 3.8) is 0 Å². The van der Waals surface area contributed by atoms with Gasteiger partial charge >= 0.3 is 0 Å². The number of hydrogen-bond donors (Lipinski definition) is 0. The van der Waals surface area contributed by atoms with Crippen molar-refractivity contribution in [1.82, 2.24) is 0 Å². The highest BCUT2D eigenvalue weighted by Crippen LogP contribution is 2.45. The summed E-state index contributed by atoms with van der Waals surface area (Å²) >= 11 is 6.22. The summed E-state index contributed by atoms with van der Waals surface area (Å²) in [6.07, 6.45) is 1.15. The minimum absolute atomic E-state index is 0.0256. The van der Waals surface area contributed by atoms with Gasteiger partial charge in [-0.2, -0.15) is 0 Å². The summed E-state index contributed by atoms with van der Waals surface area (Å²) in [5.41, 5.74) is 4.68. The van der Waals surface area contributed by atoms with Crippen LogP contribution in [0.5, 0.6) is 11.5 Å². The van der Waals surface area contributed by atoms with Gasteiger partial charge in [0.2, 0.25) is 11.8 Å². The highest BCUT2D eigenvalue weighted by molar-refractivity contribution is 6.30. The van der Waals surface area contributed by atoms with Crippen LogP contribution in [0.3, 0.4) is 0 Å². The molecule has 1 amide bonds. The van der Waals surface area contributed by atoms with E-state index in [1.807, 2.05) is 79.4 Å². The molecule has 0 radical (unpaired) electrons. The largest absolute Gasteiger partial charge is 0.493 e. The monoisotopic (exact) mass is 567 g/mol. The summed E-state index contributed by atoms with van der Waals surface area (Å²) in [5, 5.41) is 0.620. The number of benzene rings is 3. The number of carbonyl (C=O) groups is 1. The predicted octanol–water partition coefficient (Wildman–Crippen LogP) is 8.74. The third kappa shape index (κ3) is 5.83. The normalized spacial score (nSPS) is 19.9. The molecule has 3 aromatic rings. The van der Waals surface area contributed by atoms with Crippen molar-refractivity contribution in [3.8, 4) is 11.5 Å². The lowest BCUT2D eigenvalue weighted by Gasteiger charge is -2.38. The number of ether oxygens (including phenoxy) is 2. The van der Waals surface area contributed by atoms with Crippen LogP contribution in [0.15, 0.2) is 60.7 Å². The Morgan fingerprint density at radius 1 is 0.950 bits per heavy atom. The van der Waals surface area contributed by atoms with Gasteiger partial charge in [-0.15, -0.1) is 0 Å². The lowest BCUT2D eigenvalue weighted by atomic mass is 9.76. The van der Waals surface area contributed by atoms with E-state index in [0.717, 1.165) is 27.9 Å². The number of rotatable bonds is 7. The zero-order valence-corrected chi connectivity index (χ0v) is 24.2. The Bertz CT molecular complexity index is 1350. The molecule has 0 spiro atoms. The van der Waals surface area contributed by atoms with Crippen LogP contribution in [0.25, 0.3) is 0 Å². The zero-order chi connectivity index (χ0) is 28.6. The second-order valence-corrected chi connectivity index (χ2v) is 11.8. The van der Waals surface area contributed by atoms with Gasteiger partial charge < -0.3 is 14.4 Å². The molecular weight excluding hydrogens is 532 g/mol. The molecular formula is C33H36ClF2NO3. The minimum atomic E-state index is -2.54. The van der Waals surface area contributed by atoms with E-state index < -0.39 is 12.0 Å². The standard InChI is InChI=1S/C33H36ClF2NO3/c1-20(2)40-30-19-28-25(17-29(30)39-4)18-31(38)37(32(28)24-5-9-26(34)10-6-24)27-11-7-22(8-12-27)21(3)23-13-15-33(35,36)16-14-23/h5-12,17,19-21,23,32H,13-16,18H2,1-4H3/t21?,32-/m0/s1. The van der Waals surface area contributed by atoms with Crippen molar-refractivity contribution in [2.75, 3.05) is 12.0 Å². The van der Waals surface area contributed by atoms with Crippen molar-refractivity contribution in [2.45, 2.75) is 76.9 Å². The van der Waals surface area contributed by atoms with E-state index in [2.05, 4.69) is 6.92 Å². The van der Waals surface area contributed by atoms with Crippen LogP contribution in [0.2, 0.25) is 5.02 Å². The number of halogens is 3. The highest BCUT2D eigenvalue weighted by atomic mass is 35.5. The molecule has 1 saturated carbocycles. The van der Waals surface area contributed by atoms with Crippen molar-refractivity contribution < 1.29 is 23.0 Å². The zero-order valence-electron chi connectivity index (χ0n) is 23.4. The molecule has 2 aliphatic rings. The Morgan fingerprint density at radius 3 is 2.20 bits per heavy atom. The SMILES string of the molecule is COc1cc2c(cc1OC(C)C)[C@H](c1ccc(Cl)cc1)N(c1ccc(C(C)C3CCC(F)(F)CC3)cc1)C(=O)C2. The van der Waals surface area contributed by atoms with Gasteiger partial charge in [0, 0.05) is 23.6 Å². The van der Waals surface area contributed by atoms with Gasteiger partial charge in [0.15, 0.2) is 11.5 Å². The van der Waals surface area contributed by atoms with Gasteiger partial charge in [-0.05, 0) is 97.2 Å². The third-order valence-corrected chi connectivity index (χ3v) is 8.55. The van der Waals surface area contributed by atoms with Gasteiger partial charge in [0.25, 0.3) is 0 Å². The average molecular weight is 568 g/mol. The summed E-state index contributed by atoms with van der Waals surface area (Å²) in [5.74, 6) is -0.939. The smallest absolute Gasteiger partial charge is 0.248 e. The second-order valence-electron chi connectivity index (χ2n) is 11.3. The number of methoxy groups -OCH3 is 1. The Hall–Kier alpha value is -3.12. The molecule has 0 aromatic heterocycles. The number of fused-ring (bicyclic) bond motifs is 1. The average Bonchev–Trinajstić information content (AvgIpc) is 2.92. The fourth-order valence-corrected chi connectivity index (χ4v) is 6.23. The summed E-state index contributed by atoms with van der Waals surface area (Å²) in [6.45, 7) is 6.05. The van der Waals surface area contributed by atoms with Crippen molar-refractivity contribution >= 4 is 23.2 Å². The minimum Gasteiger partial charge on any atom is -0.493 e. The quantitative estimate of drug-likeness (QED) is 0.286. The number of anilines is 1. The van der Waals surface area contributed by atoms with E-state index in [9.17, 15) is 13.6 Å². The van der Waals surface area contributed by atoms with Crippen molar-refractivity contribution in [1.29, 1.82) is 0 Å². The highest BCUT2D eigenvalue weighted by Gasteiger charge is 2.38. The lowest BCUT2D eigenvalue weighted by Crippen LogP contribution is -2.41. The molecule has 1 aliphatic heterocycles. The molecule has 0 N–H and O–H groups in total.